The van der Waals surface area contributed by atoms with Crippen LogP contribution in [-0.2, 0) is 20.1 Å². The number of pyridine rings is 1. The molecule has 3 aromatic rings. The predicted octanol–water partition coefficient (Wildman–Crippen LogP) is 0.775. The van der Waals surface area contributed by atoms with Crippen molar-refractivity contribution in [2.75, 3.05) is 13.2 Å². The van der Waals surface area contributed by atoms with Crippen molar-refractivity contribution in [3.63, 3.8) is 0 Å². The number of hydrogen-bond acceptors (Lipinski definition) is 6. The van der Waals surface area contributed by atoms with Gasteiger partial charge in [-0.2, -0.15) is 4.98 Å². The fourth-order valence-corrected chi connectivity index (χ4v) is 2.94. The van der Waals surface area contributed by atoms with Crippen LogP contribution in [0.3, 0.4) is 0 Å². The molecule has 144 valence electrons. The number of hydrogen-bond donors (Lipinski definition) is 1. The SMILES string of the molecule is CCOc1nc2c(c(=O)n(CCCO)c(=O)n2C)n1Cc1ccc(Cl)cn1. The number of imidazole rings is 1. The average Bonchev–Trinajstić information content (AvgIpc) is 3.00. The molecule has 3 aromatic heterocycles. The number of aromatic nitrogens is 5. The van der Waals surface area contributed by atoms with Gasteiger partial charge >= 0.3 is 5.69 Å². The van der Waals surface area contributed by atoms with E-state index in [0.717, 1.165) is 4.57 Å². The van der Waals surface area contributed by atoms with Crippen molar-refractivity contribution in [1.29, 1.82) is 0 Å². The van der Waals surface area contributed by atoms with E-state index in [1.165, 1.54) is 10.8 Å². The number of rotatable bonds is 7. The van der Waals surface area contributed by atoms with Crippen LogP contribution in [0.4, 0.5) is 0 Å². The molecule has 0 aliphatic rings. The summed E-state index contributed by atoms with van der Waals surface area (Å²) in [6, 6.07) is 3.69. The van der Waals surface area contributed by atoms with E-state index in [2.05, 4.69) is 9.97 Å². The Morgan fingerprint density at radius 3 is 2.67 bits per heavy atom. The van der Waals surface area contributed by atoms with Crippen LogP contribution in [0.1, 0.15) is 19.0 Å². The van der Waals surface area contributed by atoms with E-state index in [9.17, 15) is 9.59 Å². The largest absolute Gasteiger partial charge is 0.465 e. The normalized spacial score (nSPS) is 11.3. The molecule has 0 saturated carbocycles. The number of aliphatic hydroxyl groups is 1. The zero-order valence-electron chi connectivity index (χ0n) is 15.1. The van der Waals surface area contributed by atoms with Gasteiger partial charge < -0.3 is 9.84 Å². The van der Waals surface area contributed by atoms with Crippen molar-refractivity contribution in [1.82, 2.24) is 23.7 Å². The molecule has 1 N–H and O–H groups in total. The molecule has 10 heteroatoms. The van der Waals surface area contributed by atoms with Crippen LogP contribution in [0.2, 0.25) is 5.02 Å². The van der Waals surface area contributed by atoms with E-state index in [0.29, 0.717) is 23.7 Å². The molecule has 0 atom stereocenters. The molecule has 0 radical (unpaired) electrons. The second-order valence-corrected chi connectivity index (χ2v) is 6.37. The van der Waals surface area contributed by atoms with Crippen molar-refractivity contribution in [3.05, 3.63) is 49.9 Å². The maximum absolute atomic E-state index is 13.0. The number of aryl methyl sites for hydroxylation is 1. The van der Waals surface area contributed by atoms with Gasteiger partial charge in [0.1, 0.15) is 0 Å². The maximum Gasteiger partial charge on any atom is 0.332 e. The van der Waals surface area contributed by atoms with Gasteiger partial charge in [0, 0.05) is 26.4 Å². The molecular formula is C17H20ClN5O4. The first-order chi connectivity index (χ1) is 13.0. The molecule has 0 amide bonds. The van der Waals surface area contributed by atoms with E-state index in [4.69, 9.17) is 21.4 Å². The van der Waals surface area contributed by atoms with Gasteiger partial charge in [0.25, 0.3) is 11.6 Å². The molecule has 0 saturated heterocycles. The first-order valence-electron chi connectivity index (χ1n) is 8.52. The highest BCUT2D eigenvalue weighted by Crippen LogP contribution is 2.19. The summed E-state index contributed by atoms with van der Waals surface area (Å²) in [6.07, 6.45) is 1.82. The Morgan fingerprint density at radius 2 is 2.04 bits per heavy atom. The minimum absolute atomic E-state index is 0.117. The van der Waals surface area contributed by atoms with Crippen LogP contribution in [0.25, 0.3) is 11.2 Å². The highest BCUT2D eigenvalue weighted by molar-refractivity contribution is 6.30. The Bertz CT molecular complexity index is 1070. The minimum Gasteiger partial charge on any atom is -0.465 e. The standard InChI is InChI=1S/C17H20ClN5O4/c1-3-27-16-20-14-13(23(16)10-12-6-5-11(18)9-19-12)15(25)22(7-4-8-24)17(26)21(14)2/h5-6,9,24H,3-4,7-8,10H2,1-2H3. The van der Waals surface area contributed by atoms with E-state index < -0.39 is 11.2 Å². The van der Waals surface area contributed by atoms with Crippen molar-refractivity contribution in [2.24, 2.45) is 7.05 Å². The summed E-state index contributed by atoms with van der Waals surface area (Å²) >= 11 is 5.88. The van der Waals surface area contributed by atoms with E-state index in [1.54, 1.807) is 23.7 Å². The minimum atomic E-state index is -0.488. The quantitative estimate of drug-likeness (QED) is 0.636. The van der Waals surface area contributed by atoms with Crippen LogP contribution in [0, 0.1) is 0 Å². The van der Waals surface area contributed by atoms with Crippen LogP contribution in [0.15, 0.2) is 27.9 Å². The molecule has 0 spiro atoms. The van der Waals surface area contributed by atoms with Gasteiger partial charge in [-0.1, -0.05) is 11.6 Å². The molecule has 0 fully saturated rings. The lowest BCUT2D eigenvalue weighted by Gasteiger charge is -2.10. The zero-order chi connectivity index (χ0) is 19.6. The lowest BCUT2D eigenvalue weighted by molar-refractivity contribution is 0.277. The zero-order valence-corrected chi connectivity index (χ0v) is 15.8. The van der Waals surface area contributed by atoms with Gasteiger partial charge in [0.05, 0.1) is 23.9 Å². The molecule has 3 heterocycles. The first-order valence-corrected chi connectivity index (χ1v) is 8.89. The maximum atomic E-state index is 13.0. The Labute approximate surface area is 159 Å². The summed E-state index contributed by atoms with van der Waals surface area (Å²) in [6.45, 7) is 2.39. The summed E-state index contributed by atoms with van der Waals surface area (Å²) in [7, 11) is 1.55. The second-order valence-electron chi connectivity index (χ2n) is 5.93. The van der Waals surface area contributed by atoms with Crippen molar-refractivity contribution in [3.8, 4) is 6.01 Å². The number of ether oxygens (including phenoxy) is 1. The van der Waals surface area contributed by atoms with Crippen LogP contribution in [-0.4, -0.2) is 42.0 Å². The lowest BCUT2D eigenvalue weighted by Crippen LogP contribution is -2.40. The Morgan fingerprint density at radius 1 is 1.26 bits per heavy atom. The molecule has 0 aliphatic carbocycles. The molecule has 0 unspecified atom stereocenters. The predicted molar refractivity (Wildman–Crippen MR) is 100 cm³/mol. The molecule has 27 heavy (non-hydrogen) atoms. The number of halogens is 1. The highest BCUT2D eigenvalue weighted by atomic mass is 35.5. The lowest BCUT2D eigenvalue weighted by atomic mass is 10.3. The van der Waals surface area contributed by atoms with E-state index in [1.807, 2.05) is 6.92 Å². The Balaban J connectivity index is 2.24. The average molecular weight is 394 g/mol. The second kappa shape index (κ2) is 7.93. The van der Waals surface area contributed by atoms with Crippen molar-refractivity contribution in [2.45, 2.75) is 26.4 Å². The molecule has 0 aromatic carbocycles. The summed E-state index contributed by atoms with van der Waals surface area (Å²) in [4.78, 5) is 34.1. The van der Waals surface area contributed by atoms with E-state index >= 15 is 0 Å². The third-order valence-corrected chi connectivity index (χ3v) is 4.34. The van der Waals surface area contributed by atoms with Crippen LogP contribution in [0.5, 0.6) is 6.01 Å². The van der Waals surface area contributed by atoms with Crippen molar-refractivity contribution >= 4 is 22.8 Å². The monoisotopic (exact) mass is 393 g/mol. The molecular weight excluding hydrogens is 374 g/mol. The molecule has 3 rings (SSSR count). The Kier molecular flexibility index (Phi) is 5.62. The van der Waals surface area contributed by atoms with Gasteiger partial charge in [-0.3, -0.25) is 23.5 Å². The Hall–Kier alpha value is -2.65. The third-order valence-electron chi connectivity index (χ3n) is 4.12. The molecule has 0 bridgehead atoms. The smallest absolute Gasteiger partial charge is 0.332 e. The van der Waals surface area contributed by atoms with Gasteiger partial charge in [0.15, 0.2) is 11.2 Å². The van der Waals surface area contributed by atoms with Crippen LogP contribution < -0.4 is 16.0 Å². The number of nitrogens with zero attached hydrogens (tertiary/aromatic N) is 5. The number of fused-ring (bicyclic) bond motifs is 1. The number of aliphatic hydroxyl groups excluding tert-OH is 1. The van der Waals surface area contributed by atoms with Gasteiger partial charge in [-0.25, -0.2) is 4.79 Å². The van der Waals surface area contributed by atoms with Crippen LogP contribution >= 0.6 is 11.6 Å². The topological polar surface area (TPSA) is 104 Å². The van der Waals surface area contributed by atoms with Gasteiger partial charge in [0.2, 0.25) is 0 Å². The highest BCUT2D eigenvalue weighted by Gasteiger charge is 2.21. The summed E-state index contributed by atoms with van der Waals surface area (Å²) in [5.41, 5.74) is 0.181. The summed E-state index contributed by atoms with van der Waals surface area (Å²) in [5.74, 6) is 0. The van der Waals surface area contributed by atoms with Gasteiger partial charge in [-0.15, -0.1) is 0 Å². The van der Waals surface area contributed by atoms with Crippen molar-refractivity contribution < 1.29 is 9.84 Å². The summed E-state index contributed by atoms with van der Waals surface area (Å²) < 4.78 is 9.59. The van der Waals surface area contributed by atoms with E-state index in [-0.39, 0.29) is 36.9 Å². The van der Waals surface area contributed by atoms with Gasteiger partial charge in [-0.05, 0) is 25.5 Å². The molecule has 9 nitrogen and oxygen atoms in total. The molecule has 0 aliphatic heterocycles. The fraction of sp³-hybridized carbons (Fsp3) is 0.412. The summed E-state index contributed by atoms with van der Waals surface area (Å²) in [5, 5.41) is 9.56. The fourth-order valence-electron chi connectivity index (χ4n) is 2.83. The third kappa shape index (κ3) is 3.60. The first kappa shape index (κ1) is 19.1.